The Kier molecular flexibility index (Phi) is 4.88. The van der Waals surface area contributed by atoms with Crippen molar-refractivity contribution < 1.29 is 17.9 Å². The van der Waals surface area contributed by atoms with Crippen molar-refractivity contribution in [2.24, 2.45) is 5.92 Å². The third-order valence-corrected chi connectivity index (χ3v) is 5.70. The maximum absolute atomic E-state index is 12.9. The summed E-state index contributed by atoms with van der Waals surface area (Å²) in [4.78, 5) is 4.56. The van der Waals surface area contributed by atoms with Crippen LogP contribution in [0.1, 0.15) is 61.7 Å². The van der Waals surface area contributed by atoms with Crippen molar-refractivity contribution in [2.75, 3.05) is 13.1 Å². The van der Waals surface area contributed by atoms with Gasteiger partial charge in [-0.2, -0.15) is 18.3 Å². The van der Waals surface area contributed by atoms with Crippen LogP contribution in [-0.4, -0.2) is 40.0 Å². The lowest BCUT2D eigenvalue weighted by molar-refractivity contribution is -0.182. The molecule has 2 aliphatic rings. The van der Waals surface area contributed by atoms with Gasteiger partial charge in [0.15, 0.2) is 5.65 Å². The SMILES string of the molecule is Cc1cc([C@@H]2CNC[C@H](C)O2)n2nc(C3CCC(C(F)(F)F)CC3)cc2n1. The van der Waals surface area contributed by atoms with Crippen molar-refractivity contribution in [1.82, 2.24) is 19.9 Å². The predicted octanol–water partition coefficient (Wildman–Crippen LogP) is 3.92. The molecular weight excluding hydrogens is 357 g/mol. The van der Waals surface area contributed by atoms with Crippen LogP contribution in [0.15, 0.2) is 12.1 Å². The molecule has 5 nitrogen and oxygen atoms in total. The Balaban J connectivity index is 1.60. The molecular formula is C19H25F3N4O. The van der Waals surface area contributed by atoms with E-state index in [-0.39, 0.29) is 31.0 Å². The number of rotatable bonds is 2. The number of alkyl halides is 3. The monoisotopic (exact) mass is 382 g/mol. The van der Waals surface area contributed by atoms with Gasteiger partial charge in [0.1, 0.15) is 6.10 Å². The van der Waals surface area contributed by atoms with Gasteiger partial charge in [0.2, 0.25) is 0 Å². The fourth-order valence-corrected chi connectivity index (χ4v) is 4.26. The zero-order valence-electron chi connectivity index (χ0n) is 15.6. The first kappa shape index (κ1) is 18.7. The maximum atomic E-state index is 12.9. The lowest BCUT2D eigenvalue weighted by atomic mass is 9.80. The number of hydrogen-bond acceptors (Lipinski definition) is 4. The zero-order chi connectivity index (χ0) is 19.2. The molecule has 1 aliphatic heterocycles. The van der Waals surface area contributed by atoms with Crippen LogP contribution < -0.4 is 5.32 Å². The van der Waals surface area contributed by atoms with Crippen LogP contribution >= 0.6 is 0 Å². The number of hydrogen-bond donors (Lipinski definition) is 1. The summed E-state index contributed by atoms with van der Waals surface area (Å²) in [5, 5.41) is 8.09. The number of nitrogens with one attached hydrogen (secondary N) is 1. The summed E-state index contributed by atoms with van der Waals surface area (Å²) in [5.74, 6) is -1.12. The summed E-state index contributed by atoms with van der Waals surface area (Å²) in [6.45, 7) is 5.48. The van der Waals surface area contributed by atoms with E-state index in [4.69, 9.17) is 9.84 Å². The molecule has 2 atom stereocenters. The minimum absolute atomic E-state index is 0.0581. The van der Waals surface area contributed by atoms with E-state index in [1.165, 1.54) is 0 Å². The van der Waals surface area contributed by atoms with Gasteiger partial charge < -0.3 is 10.1 Å². The normalized spacial score (nSPS) is 30.0. The molecule has 4 rings (SSSR count). The first-order chi connectivity index (χ1) is 12.8. The van der Waals surface area contributed by atoms with Gasteiger partial charge in [-0.25, -0.2) is 9.50 Å². The second-order valence-electron chi connectivity index (χ2n) is 7.85. The van der Waals surface area contributed by atoms with Crippen LogP contribution in [0.5, 0.6) is 0 Å². The highest BCUT2D eigenvalue weighted by Crippen LogP contribution is 2.42. The molecule has 1 aliphatic carbocycles. The van der Waals surface area contributed by atoms with Gasteiger partial charge in [0.05, 0.1) is 23.4 Å². The van der Waals surface area contributed by atoms with Crippen molar-refractivity contribution in [3.63, 3.8) is 0 Å². The van der Waals surface area contributed by atoms with Crippen LogP contribution in [-0.2, 0) is 4.74 Å². The molecule has 0 radical (unpaired) electrons. The molecule has 148 valence electrons. The predicted molar refractivity (Wildman–Crippen MR) is 94.6 cm³/mol. The number of morpholine rings is 1. The highest BCUT2D eigenvalue weighted by atomic mass is 19.4. The van der Waals surface area contributed by atoms with E-state index in [1.54, 1.807) is 0 Å². The standard InChI is InChI=1S/C19H25F3N4O/c1-11-7-16(17-10-23-9-12(2)27-17)26-18(24-11)8-15(25-26)13-3-5-14(6-4-13)19(20,21)22/h7-8,12-14,17,23H,3-6,9-10H2,1-2H3/t12-,13?,14?,17-/m0/s1. The summed E-state index contributed by atoms with van der Waals surface area (Å²) in [6.07, 6.45) is -2.71. The van der Waals surface area contributed by atoms with Gasteiger partial charge in [-0.05, 0) is 45.6 Å². The van der Waals surface area contributed by atoms with Crippen LogP contribution in [0.2, 0.25) is 0 Å². The van der Waals surface area contributed by atoms with Gasteiger partial charge in [-0.3, -0.25) is 0 Å². The highest BCUT2D eigenvalue weighted by molar-refractivity contribution is 5.43. The number of ether oxygens (including phenoxy) is 1. The van der Waals surface area contributed by atoms with E-state index in [0.29, 0.717) is 19.4 Å². The second kappa shape index (κ2) is 7.05. The molecule has 0 aromatic carbocycles. The van der Waals surface area contributed by atoms with Crippen molar-refractivity contribution in [3.8, 4) is 0 Å². The van der Waals surface area contributed by atoms with Crippen molar-refractivity contribution >= 4 is 5.65 Å². The van der Waals surface area contributed by atoms with E-state index in [0.717, 1.165) is 29.3 Å². The molecule has 0 bridgehead atoms. The van der Waals surface area contributed by atoms with Crippen molar-refractivity contribution in [2.45, 2.75) is 63.8 Å². The minimum atomic E-state index is -4.09. The van der Waals surface area contributed by atoms with Gasteiger partial charge in [0, 0.05) is 30.8 Å². The molecule has 0 amide bonds. The Bertz CT molecular complexity index is 811. The Hall–Kier alpha value is -1.67. The van der Waals surface area contributed by atoms with E-state index < -0.39 is 12.1 Å². The molecule has 1 saturated carbocycles. The third-order valence-electron chi connectivity index (χ3n) is 5.70. The van der Waals surface area contributed by atoms with Gasteiger partial charge in [-0.15, -0.1) is 0 Å². The molecule has 1 saturated heterocycles. The summed E-state index contributed by atoms with van der Waals surface area (Å²) in [5.41, 5.74) is 3.39. The average Bonchev–Trinajstić information content (AvgIpc) is 3.04. The summed E-state index contributed by atoms with van der Waals surface area (Å²) >= 11 is 0. The Morgan fingerprint density at radius 1 is 1.15 bits per heavy atom. The lowest BCUT2D eigenvalue weighted by Crippen LogP contribution is -2.39. The summed E-state index contributed by atoms with van der Waals surface area (Å²) in [7, 11) is 0. The topological polar surface area (TPSA) is 51.5 Å². The van der Waals surface area contributed by atoms with Crippen molar-refractivity contribution in [1.29, 1.82) is 0 Å². The van der Waals surface area contributed by atoms with E-state index in [9.17, 15) is 13.2 Å². The second-order valence-corrected chi connectivity index (χ2v) is 7.85. The summed E-state index contributed by atoms with van der Waals surface area (Å²) < 4.78 is 46.6. The average molecular weight is 382 g/mol. The van der Waals surface area contributed by atoms with E-state index in [1.807, 2.05) is 30.5 Å². The number of fused-ring (bicyclic) bond motifs is 1. The molecule has 3 heterocycles. The third kappa shape index (κ3) is 3.82. The molecule has 1 N–H and O–H groups in total. The van der Waals surface area contributed by atoms with Crippen LogP contribution in [0.25, 0.3) is 5.65 Å². The fraction of sp³-hybridized carbons (Fsp3) is 0.684. The van der Waals surface area contributed by atoms with Crippen molar-refractivity contribution in [3.05, 3.63) is 29.2 Å². The smallest absolute Gasteiger partial charge is 0.366 e. The molecule has 0 spiro atoms. The van der Waals surface area contributed by atoms with Crippen LogP contribution in [0, 0.1) is 12.8 Å². The first-order valence-corrected chi connectivity index (χ1v) is 9.61. The Morgan fingerprint density at radius 2 is 1.89 bits per heavy atom. The lowest BCUT2D eigenvalue weighted by Gasteiger charge is -2.29. The van der Waals surface area contributed by atoms with E-state index >= 15 is 0 Å². The zero-order valence-corrected chi connectivity index (χ0v) is 15.6. The molecule has 27 heavy (non-hydrogen) atoms. The number of nitrogens with zero attached hydrogens (tertiary/aromatic N) is 3. The number of aromatic nitrogens is 3. The fourth-order valence-electron chi connectivity index (χ4n) is 4.26. The minimum Gasteiger partial charge on any atom is -0.366 e. The van der Waals surface area contributed by atoms with Gasteiger partial charge in [0.25, 0.3) is 0 Å². The molecule has 2 fully saturated rings. The number of halogens is 3. The first-order valence-electron chi connectivity index (χ1n) is 9.61. The molecule has 8 heteroatoms. The van der Waals surface area contributed by atoms with Crippen LogP contribution in [0.4, 0.5) is 13.2 Å². The quantitative estimate of drug-likeness (QED) is 0.855. The summed E-state index contributed by atoms with van der Waals surface area (Å²) in [6, 6.07) is 3.91. The molecule has 0 unspecified atom stereocenters. The Labute approximate surface area is 156 Å². The molecule has 2 aromatic heterocycles. The largest absolute Gasteiger partial charge is 0.391 e. The van der Waals surface area contributed by atoms with Crippen LogP contribution in [0.3, 0.4) is 0 Å². The van der Waals surface area contributed by atoms with Gasteiger partial charge in [-0.1, -0.05) is 0 Å². The van der Waals surface area contributed by atoms with E-state index in [2.05, 4.69) is 10.3 Å². The number of aryl methyl sites for hydroxylation is 1. The maximum Gasteiger partial charge on any atom is 0.391 e. The highest BCUT2D eigenvalue weighted by Gasteiger charge is 2.42. The van der Waals surface area contributed by atoms with Gasteiger partial charge >= 0.3 is 6.18 Å². The molecule has 2 aromatic rings. The Morgan fingerprint density at radius 3 is 2.56 bits per heavy atom.